The van der Waals surface area contributed by atoms with Crippen LogP contribution in [0.1, 0.15) is 47.1 Å². The smallest absolute Gasteiger partial charge is 0.461 e. The number of carbonyl (C=O) groups is 4. The lowest BCUT2D eigenvalue weighted by molar-refractivity contribution is -0.148. The van der Waals surface area contributed by atoms with Crippen molar-refractivity contribution in [1.29, 1.82) is 0 Å². The molecule has 0 amide bonds. The molecule has 0 radical (unpaired) electrons. The van der Waals surface area contributed by atoms with Gasteiger partial charge in [-0.3, -0.25) is 14.4 Å². The molecular formula is C23H33NO9. The Morgan fingerprint density at radius 2 is 1.42 bits per heavy atom. The molecule has 0 saturated heterocycles. The molecule has 1 aromatic carbocycles. The van der Waals surface area contributed by atoms with Gasteiger partial charge in [0, 0.05) is 0 Å². The van der Waals surface area contributed by atoms with Gasteiger partial charge in [-0.2, -0.15) is 0 Å². The lowest BCUT2D eigenvalue weighted by Crippen LogP contribution is -2.36. The molecule has 0 aliphatic rings. The molecule has 184 valence electrons. The summed E-state index contributed by atoms with van der Waals surface area (Å²) in [7, 11) is 0. The molecule has 1 rings (SSSR count). The molecule has 0 saturated carbocycles. The SMILES string of the molecule is CCOC(=O)O[C@@H](C)COC(=O)[C@@H](N)Cc1ccc(OC(=O)C(C)C)c(OC(=O)C(C)C)c1. The van der Waals surface area contributed by atoms with Gasteiger partial charge in [-0.05, 0) is 38.0 Å². The van der Waals surface area contributed by atoms with Crippen LogP contribution in [0.3, 0.4) is 0 Å². The van der Waals surface area contributed by atoms with E-state index in [1.807, 2.05) is 0 Å². The van der Waals surface area contributed by atoms with Crippen molar-refractivity contribution in [1.82, 2.24) is 0 Å². The van der Waals surface area contributed by atoms with Crippen molar-refractivity contribution in [2.45, 2.75) is 60.1 Å². The second-order valence-corrected chi connectivity index (χ2v) is 7.98. The summed E-state index contributed by atoms with van der Waals surface area (Å²) in [5.74, 6) is -2.33. The zero-order chi connectivity index (χ0) is 25.1. The Kier molecular flexibility index (Phi) is 11.3. The van der Waals surface area contributed by atoms with Crippen LogP contribution in [0.25, 0.3) is 0 Å². The van der Waals surface area contributed by atoms with Crippen molar-refractivity contribution in [3.8, 4) is 11.5 Å². The molecule has 33 heavy (non-hydrogen) atoms. The summed E-state index contributed by atoms with van der Waals surface area (Å²) in [6.45, 7) is 9.87. The molecular weight excluding hydrogens is 434 g/mol. The average molecular weight is 468 g/mol. The summed E-state index contributed by atoms with van der Waals surface area (Å²) >= 11 is 0. The lowest BCUT2D eigenvalue weighted by Gasteiger charge is -2.17. The number of nitrogens with two attached hydrogens (primary N) is 1. The molecule has 0 aliphatic heterocycles. The number of hydrogen-bond donors (Lipinski definition) is 1. The van der Waals surface area contributed by atoms with Crippen LogP contribution in [0.15, 0.2) is 18.2 Å². The van der Waals surface area contributed by atoms with Crippen LogP contribution < -0.4 is 15.2 Å². The van der Waals surface area contributed by atoms with Crippen LogP contribution in [0, 0.1) is 11.8 Å². The fourth-order valence-corrected chi connectivity index (χ4v) is 2.29. The Bertz CT molecular complexity index is 835. The van der Waals surface area contributed by atoms with E-state index in [2.05, 4.69) is 4.74 Å². The fraction of sp³-hybridized carbons (Fsp3) is 0.565. The average Bonchev–Trinajstić information content (AvgIpc) is 2.73. The molecule has 0 bridgehead atoms. The van der Waals surface area contributed by atoms with Gasteiger partial charge in [0.15, 0.2) is 11.5 Å². The molecule has 2 atom stereocenters. The standard InChI is InChI=1S/C23H33NO9/c1-7-29-23(28)31-15(6)12-30-22(27)17(24)10-16-8-9-18(32-20(25)13(2)3)19(11-16)33-21(26)14(4)5/h8-9,11,13-15,17H,7,10,12,24H2,1-6H3/t15-,17-/m0/s1. The Balaban J connectivity index is 2.84. The van der Waals surface area contributed by atoms with Crippen LogP contribution in [0.4, 0.5) is 4.79 Å². The zero-order valence-corrected chi connectivity index (χ0v) is 19.9. The van der Waals surface area contributed by atoms with Gasteiger partial charge in [-0.15, -0.1) is 0 Å². The Hall–Kier alpha value is -3.14. The Morgan fingerprint density at radius 1 is 0.848 bits per heavy atom. The molecule has 10 heteroatoms. The summed E-state index contributed by atoms with van der Waals surface area (Å²) in [5.41, 5.74) is 6.50. The number of carbonyl (C=O) groups excluding carboxylic acids is 4. The van der Waals surface area contributed by atoms with Gasteiger partial charge < -0.3 is 29.4 Å². The van der Waals surface area contributed by atoms with E-state index in [1.165, 1.54) is 12.1 Å². The first-order valence-corrected chi connectivity index (χ1v) is 10.8. The van der Waals surface area contributed by atoms with E-state index in [-0.39, 0.29) is 37.1 Å². The van der Waals surface area contributed by atoms with Gasteiger partial charge in [-0.25, -0.2) is 4.79 Å². The number of benzene rings is 1. The highest BCUT2D eigenvalue weighted by molar-refractivity contribution is 5.78. The minimum atomic E-state index is -1.03. The second-order valence-electron chi connectivity index (χ2n) is 7.98. The first-order chi connectivity index (χ1) is 15.4. The third-order valence-electron chi connectivity index (χ3n) is 4.15. The lowest BCUT2D eigenvalue weighted by atomic mass is 10.1. The van der Waals surface area contributed by atoms with E-state index in [1.54, 1.807) is 47.6 Å². The quantitative estimate of drug-likeness (QED) is 0.381. The first-order valence-electron chi connectivity index (χ1n) is 10.8. The van der Waals surface area contributed by atoms with E-state index in [9.17, 15) is 19.2 Å². The van der Waals surface area contributed by atoms with Crippen LogP contribution >= 0.6 is 0 Å². The number of rotatable bonds is 11. The molecule has 0 heterocycles. The van der Waals surface area contributed by atoms with Gasteiger partial charge in [-0.1, -0.05) is 33.8 Å². The Morgan fingerprint density at radius 3 is 1.97 bits per heavy atom. The van der Waals surface area contributed by atoms with E-state index < -0.39 is 42.1 Å². The maximum Gasteiger partial charge on any atom is 0.508 e. The minimum Gasteiger partial charge on any atom is -0.461 e. The topological polar surface area (TPSA) is 140 Å². The van der Waals surface area contributed by atoms with E-state index in [4.69, 9.17) is 24.7 Å². The van der Waals surface area contributed by atoms with Gasteiger partial charge in [0.05, 0.1) is 18.4 Å². The summed E-state index contributed by atoms with van der Waals surface area (Å²) < 4.78 is 25.3. The highest BCUT2D eigenvalue weighted by Gasteiger charge is 2.22. The van der Waals surface area contributed by atoms with Crippen molar-refractivity contribution >= 4 is 24.1 Å². The molecule has 0 aliphatic carbocycles. The predicted octanol–water partition coefficient (Wildman–Crippen LogP) is 2.78. The zero-order valence-electron chi connectivity index (χ0n) is 19.9. The second kappa shape index (κ2) is 13.4. The van der Waals surface area contributed by atoms with Crippen LogP contribution in [0.5, 0.6) is 11.5 Å². The molecule has 2 N–H and O–H groups in total. The van der Waals surface area contributed by atoms with E-state index >= 15 is 0 Å². The number of esters is 3. The van der Waals surface area contributed by atoms with E-state index in [0.29, 0.717) is 5.56 Å². The summed E-state index contributed by atoms with van der Waals surface area (Å²) in [6.07, 6.45) is -1.50. The molecule has 0 unspecified atom stereocenters. The van der Waals surface area contributed by atoms with Crippen molar-refractivity contribution in [2.24, 2.45) is 17.6 Å². The van der Waals surface area contributed by atoms with Gasteiger partial charge >= 0.3 is 24.1 Å². The van der Waals surface area contributed by atoms with Crippen molar-refractivity contribution in [3.05, 3.63) is 23.8 Å². The number of hydrogen-bond acceptors (Lipinski definition) is 10. The largest absolute Gasteiger partial charge is 0.508 e. The maximum atomic E-state index is 12.2. The van der Waals surface area contributed by atoms with Crippen molar-refractivity contribution in [3.63, 3.8) is 0 Å². The molecule has 10 nitrogen and oxygen atoms in total. The molecule has 1 aromatic rings. The van der Waals surface area contributed by atoms with Crippen LogP contribution in [-0.2, 0) is 35.0 Å². The highest BCUT2D eigenvalue weighted by atomic mass is 16.7. The first kappa shape index (κ1) is 27.9. The minimum absolute atomic E-state index is 0.0530. The maximum absolute atomic E-state index is 12.2. The fourth-order valence-electron chi connectivity index (χ4n) is 2.29. The normalized spacial score (nSPS) is 12.6. The number of ether oxygens (including phenoxy) is 5. The monoisotopic (exact) mass is 467 g/mol. The third-order valence-corrected chi connectivity index (χ3v) is 4.15. The van der Waals surface area contributed by atoms with Crippen molar-refractivity contribution in [2.75, 3.05) is 13.2 Å². The molecule has 0 spiro atoms. The molecule has 0 aromatic heterocycles. The van der Waals surface area contributed by atoms with Gasteiger partial charge in [0.25, 0.3) is 0 Å². The third kappa shape index (κ3) is 9.90. The highest BCUT2D eigenvalue weighted by Crippen LogP contribution is 2.30. The van der Waals surface area contributed by atoms with Gasteiger partial charge in [0.2, 0.25) is 0 Å². The predicted molar refractivity (Wildman–Crippen MR) is 118 cm³/mol. The Labute approximate surface area is 193 Å². The van der Waals surface area contributed by atoms with E-state index in [0.717, 1.165) is 0 Å². The summed E-state index contributed by atoms with van der Waals surface area (Å²) in [5, 5.41) is 0. The van der Waals surface area contributed by atoms with Crippen molar-refractivity contribution < 1.29 is 42.9 Å². The summed E-state index contributed by atoms with van der Waals surface area (Å²) in [6, 6.07) is 3.54. The van der Waals surface area contributed by atoms with Gasteiger partial charge in [0.1, 0.15) is 18.8 Å². The van der Waals surface area contributed by atoms with Crippen LogP contribution in [-0.4, -0.2) is 49.4 Å². The molecule has 0 fully saturated rings. The summed E-state index contributed by atoms with van der Waals surface area (Å²) in [4.78, 5) is 47.6. The van der Waals surface area contributed by atoms with Crippen LogP contribution in [0.2, 0.25) is 0 Å².